The van der Waals surface area contributed by atoms with Gasteiger partial charge in [-0.05, 0) is 58.4 Å². The van der Waals surface area contributed by atoms with Crippen molar-refractivity contribution in [2.45, 2.75) is 40.5 Å². The fraction of sp³-hybridized carbons (Fsp3) is 1.00. The molecule has 0 fully saturated rings. The van der Waals surface area contributed by atoms with E-state index in [4.69, 9.17) is 0 Å². The molecule has 0 aromatic carbocycles. The predicted octanol–water partition coefficient (Wildman–Crippen LogP) is 2.94. The SMILES string of the molecule is CC(C)CN(C)CCC(C)(C)CCN(C)C. The highest BCUT2D eigenvalue weighted by Crippen LogP contribution is 2.25. The van der Waals surface area contributed by atoms with E-state index >= 15 is 0 Å². The standard InChI is InChI=1S/C14H32N2/c1-13(2)12-16(7)11-9-14(3,4)8-10-15(5)6/h13H,8-12H2,1-7H3. The van der Waals surface area contributed by atoms with Crippen LogP contribution in [-0.2, 0) is 0 Å². The minimum atomic E-state index is 0.468. The summed E-state index contributed by atoms with van der Waals surface area (Å²) in [5, 5.41) is 0. The highest BCUT2D eigenvalue weighted by Gasteiger charge is 2.18. The van der Waals surface area contributed by atoms with Gasteiger partial charge in [0, 0.05) is 6.54 Å². The summed E-state index contributed by atoms with van der Waals surface area (Å²) in [6, 6.07) is 0. The molecule has 0 atom stereocenters. The van der Waals surface area contributed by atoms with E-state index in [2.05, 4.69) is 58.6 Å². The second-order valence-electron chi connectivity index (χ2n) is 6.62. The second-order valence-corrected chi connectivity index (χ2v) is 6.62. The van der Waals surface area contributed by atoms with Crippen molar-refractivity contribution in [1.82, 2.24) is 9.80 Å². The topological polar surface area (TPSA) is 6.48 Å². The first-order chi connectivity index (χ1) is 7.23. The number of hydrogen-bond donors (Lipinski definition) is 0. The lowest BCUT2D eigenvalue weighted by Crippen LogP contribution is -2.29. The summed E-state index contributed by atoms with van der Waals surface area (Å²) in [7, 11) is 6.55. The average molecular weight is 228 g/mol. The van der Waals surface area contributed by atoms with Gasteiger partial charge in [0.05, 0.1) is 0 Å². The Kier molecular flexibility index (Phi) is 7.25. The molecule has 0 radical (unpaired) electrons. The van der Waals surface area contributed by atoms with Gasteiger partial charge in [-0.1, -0.05) is 27.7 Å². The van der Waals surface area contributed by atoms with Crippen LogP contribution in [0.25, 0.3) is 0 Å². The first-order valence-electron chi connectivity index (χ1n) is 6.56. The molecule has 0 amide bonds. The summed E-state index contributed by atoms with van der Waals surface area (Å²) >= 11 is 0. The molecular weight excluding hydrogens is 196 g/mol. The molecule has 0 aromatic rings. The molecule has 0 N–H and O–H groups in total. The molecule has 0 aliphatic heterocycles. The van der Waals surface area contributed by atoms with E-state index in [1.807, 2.05) is 0 Å². The minimum Gasteiger partial charge on any atom is -0.309 e. The molecule has 0 saturated carbocycles. The van der Waals surface area contributed by atoms with Gasteiger partial charge in [-0.3, -0.25) is 0 Å². The van der Waals surface area contributed by atoms with Crippen molar-refractivity contribution in [2.24, 2.45) is 11.3 Å². The third-order valence-corrected chi connectivity index (χ3v) is 3.08. The third kappa shape index (κ3) is 9.17. The van der Waals surface area contributed by atoms with Crippen molar-refractivity contribution in [3.63, 3.8) is 0 Å². The number of hydrogen-bond acceptors (Lipinski definition) is 2. The Morgan fingerprint density at radius 1 is 0.938 bits per heavy atom. The molecule has 0 unspecified atom stereocenters. The average Bonchev–Trinajstić information content (AvgIpc) is 2.11. The molecule has 2 heteroatoms. The lowest BCUT2D eigenvalue weighted by molar-refractivity contribution is 0.206. The van der Waals surface area contributed by atoms with Gasteiger partial charge in [0.1, 0.15) is 0 Å². The Balaban J connectivity index is 3.79. The largest absolute Gasteiger partial charge is 0.309 e. The monoisotopic (exact) mass is 228 g/mol. The fourth-order valence-corrected chi connectivity index (χ4v) is 1.86. The molecule has 0 bridgehead atoms. The summed E-state index contributed by atoms with van der Waals surface area (Å²) in [5.41, 5.74) is 0.468. The van der Waals surface area contributed by atoms with Crippen LogP contribution in [0.1, 0.15) is 40.5 Å². The van der Waals surface area contributed by atoms with Crippen molar-refractivity contribution in [2.75, 3.05) is 40.8 Å². The normalized spacial score (nSPS) is 13.1. The molecule has 0 spiro atoms. The van der Waals surface area contributed by atoms with Crippen LogP contribution in [0.3, 0.4) is 0 Å². The molecule has 2 nitrogen and oxygen atoms in total. The van der Waals surface area contributed by atoms with Gasteiger partial charge in [-0.15, -0.1) is 0 Å². The van der Waals surface area contributed by atoms with Crippen LogP contribution in [0.2, 0.25) is 0 Å². The maximum absolute atomic E-state index is 2.46. The zero-order chi connectivity index (χ0) is 12.8. The van der Waals surface area contributed by atoms with E-state index in [1.165, 1.54) is 32.5 Å². The Morgan fingerprint density at radius 2 is 1.44 bits per heavy atom. The van der Waals surface area contributed by atoms with Gasteiger partial charge in [-0.2, -0.15) is 0 Å². The van der Waals surface area contributed by atoms with Gasteiger partial charge in [0.15, 0.2) is 0 Å². The maximum Gasteiger partial charge on any atom is 0.000134 e. The highest BCUT2D eigenvalue weighted by atomic mass is 15.1. The lowest BCUT2D eigenvalue weighted by atomic mass is 9.85. The zero-order valence-electron chi connectivity index (χ0n) is 12.5. The van der Waals surface area contributed by atoms with Crippen molar-refractivity contribution >= 4 is 0 Å². The lowest BCUT2D eigenvalue weighted by Gasteiger charge is -2.29. The summed E-state index contributed by atoms with van der Waals surface area (Å²) < 4.78 is 0. The van der Waals surface area contributed by atoms with E-state index in [0.717, 1.165) is 5.92 Å². The Hall–Kier alpha value is -0.0800. The molecule has 98 valence electrons. The fourth-order valence-electron chi connectivity index (χ4n) is 1.86. The summed E-state index contributed by atoms with van der Waals surface area (Å²) in [6.45, 7) is 13.0. The Bertz CT molecular complexity index is 174. The molecule has 0 aliphatic carbocycles. The van der Waals surface area contributed by atoms with Crippen LogP contribution in [-0.4, -0.2) is 50.6 Å². The summed E-state index contributed by atoms with van der Waals surface area (Å²) in [5.74, 6) is 0.773. The number of rotatable bonds is 8. The van der Waals surface area contributed by atoms with Crippen molar-refractivity contribution in [3.05, 3.63) is 0 Å². The van der Waals surface area contributed by atoms with Crippen molar-refractivity contribution in [3.8, 4) is 0 Å². The molecule has 0 aromatic heterocycles. The highest BCUT2D eigenvalue weighted by molar-refractivity contribution is 4.71. The van der Waals surface area contributed by atoms with Crippen LogP contribution in [0.5, 0.6) is 0 Å². The predicted molar refractivity (Wildman–Crippen MR) is 73.9 cm³/mol. The second kappa shape index (κ2) is 7.29. The molecule has 0 aliphatic rings. The Morgan fingerprint density at radius 3 is 1.88 bits per heavy atom. The first kappa shape index (κ1) is 15.9. The molecule has 0 rings (SSSR count). The van der Waals surface area contributed by atoms with E-state index in [-0.39, 0.29) is 0 Å². The quantitative estimate of drug-likeness (QED) is 0.630. The zero-order valence-corrected chi connectivity index (χ0v) is 12.5. The van der Waals surface area contributed by atoms with Crippen LogP contribution in [0, 0.1) is 11.3 Å². The summed E-state index contributed by atoms with van der Waals surface area (Å²) in [4.78, 5) is 4.74. The minimum absolute atomic E-state index is 0.468. The van der Waals surface area contributed by atoms with Crippen molar-refractivity contribution in [1.29, 1.82) is 0 Å². The Labute approximate surface area is 103 Å². The van der Waals surface area contributed by atoms with Crippen molar-refractivity contribution < 1.29 is 0 Å². The molecule has 0 saturated heterocycles. The smallest absolute Gasteiger partial charge is 0.000134 e. The maximum atomic E-state index is 2.46. The number of nitrogens with zero attached hydrogens (tertiary/aromatic N) is 2. The van der Waals surface area contributed by atoms with Crippen LogP contribution < -0.4 is 0 Å². The van der Waals surface area contributed by atoms with Gasteiger partial charge in [0.25, 0.3) is 0 Å². The van der Waals surface area contributed by atoms with Gasteiger partial charge >= 0.3 is 0 Å². The summed E-state index contributed by atoms with van der Waals surface area (Å²) in [6.07, 6.45) is 2.58. The molecule has 16 heavy (non-hydrogen) atoms. The van der Waals surface area contributed by atoms with Crippen LogP contribution >= 0.6 is 0 Å². The van der Waals surface area contributed by atoms with E-state index in [1.54, 1.807) is 0 Å². The first-order valence-corrected chi connectivity index (χ1v) is 6.56. The molecule has 0 heterocycles. The third-order valence-electron chi connectivity index (χ3n) is 3.08. The van der Waals surface area contributed by atoms with E-state index in [9.17, 15) is 0 Å². The molecular formula is C14H32N2. The van der Waals surface area contributed by atoms with Gasteiger partial charge in [0.2, 0.25) is 0 Å². The van der Waals surface area contributed by atoms with Gasteiger partial charge < -0.3 is 9.80 Å². The van der Waals surface area contributed by atoms with Gasteiger partial charge in [-0.25, -0.2) is 0 Å². The van der Waals surface area contributed by atoms with Crippen LogP contribution in [0.4, 0.5) is 0 Å². The van der Waals surface area contributed by atoms with E-state index in [0.29, 0.717) is 5.41 Å². The van der Waals surface area contributed by atoms with Crippen LogP contribution in [0.15, 0.2) is 0 Å². The van der Waals surface area contributed by atoms with E-state index < -0.39 is 0 Å².